The third-order valence-electron chi connectivity index (χ3n) is 16.4. The average Bonchev–Trinajstić information content (AvgIpc) is 3.42. The highest BCUT2D eigenvalue weighted by Crippen LogP contribution is 2.19. The molecule has 0 saturated carbocycles. The maximum absolute atomic E-state index is 12.9. The summed E-state index contributed by atoms with van der Waals surface area (Å²) in [6, 6.07) is 0. The van der Waals surface area contributed by atoms with E-state index in [1.54, 1.807) is 0 Å². The predicted molar refractivity (Wildman–Crippen MR) is 330 cm³/mol. The van der Waals surface area contributed by atoms with Gasteiger partial charge in [-0.05, 0) is 19.3 Å². The Hall–Kier alpha value is -1.59. The summed E-state index contributed by atoms with van der Waals surface area (Å²) in [5.74, 6) is -0.823. The fourth-order valence-corrected chi connectivity index (χ4v) is 11.1. The van der Waals surface area contributed by atoms with Crippen molar-refractivity contribution < 1.29 is 28.6 Å². The van der Waals surface area contributed by atoms with Gasteiger partial charge in [0.05, 0.1) is 0 Å². The number of rotatable bonds is 66. The number of carbonyl (C=O) groups is 3. The molecule has 0 aliphatic rings. The zero-order chi connectivity index (χ0) is 55.0. The van der Waals surface area contributed by atoms with Crippen molar-refractivity contribution in [2.75, 3.05) is 13.2 Å². The third-order valence-corrected chi connectivity index (χ3v) is 16.4. The van der Waals surface area contributed by atoms with E-state index in [9.17, 15) is 14.4 Å². The lowest BCUT2D eigenvalue weighted by atomic mass is 10.0. The lowest BCUT2D eigenvalue weighted by molar-refractivity contribution is -0.167. The Kier molecular flexibility index (Phi) is 64.5. The highest BCUT2D eigenvalue weighted by molar-refractivity contribution is 5.71. The van der Waals surface area contributed by atoms with Crippen molar-refractivity contribution in [3.8, 4) is 0 Å². The maximum atomic E-state index is 12.9. The van der Waals surface area contributed by atoms with Crippen molar-refractivity contribution in [3.05, 3.63) is 0 Å². The van der Waals surface area contributed by atoms with Crippen molar-refractivity contribution in [2.45, 2.75) is 419 Å². The monoisotopic (exact) mass is 1070 g/mol. The van der Waals surface area contributed by atoms with Crippen molar-refractivity contribution in [1.29, 1.82) is 0 Å². The van der Waals surface area contributed by atoms with Gasteiger partial charge in [-0.1, -0.05) is 374 Å². The van der Waals surface area contributed by atoms with Crippen LogP contribution in [0.3, 0.4) is 0 Å². The predicted octanol–water partition coefficient (Wildman–Crippen LogP) is 23.8. The van der Waals surface area contributed by atoms with Crippen LogP contribution >= 0.6 is 0 Å². The number of carbonyl (C=O) groups excluding carboxylic acids is 3. The van der Waals surface area contributed by atoms with Gasteiger partial charge in [0.2, 0.25) is 0 Å². The second-order valence-electron chi connectivity index (χ2n) is 24.2. The second-order valence-corrected chi connectivity index (χ2v) is 24.2. The number of esters is 3. The molecule has 1 atom stereocenters. The zero-order valence-corrected chi connectivity index (χ0v) is 52.1. The van der Waals surface area contributed by atoms with Crippen LogP contribution in [-0.4, -0.2) is 37.2 Å². The van der Waals surface area contributed by atoms with Gasteiger partial charge in [0, 0.05) is 19.3 Å². The summed E-state index contributed by atoms with van der Waals surface area (Å²) in [5.41, 5.74) is 0. The lowest BCUT2D eigenvalue weighted by Crippen LogP contribution is -2.30. The van der Waals surface area contributed by atoms with Crippen molar-refractivity contribution in [2.24, 2.45) is 0 Å². The first kappa shape index (κ1) is 74.4. The molecule has 0 aliphatic heterocycles. The van der Waals surface area contributed by atoms with E-state index in [-0.39, 0.29) is 31.1 Å². The van der Waals surface area contributed by atoms with Crippen LogP contribution in [0.15, 0.2) is 0 Å². The topological polar surface area (TPSA) is 78.9 Å². The van der Waals surface area contributed by atoms with Crippen LogP contribution in [0.4, 0.5) is 0 Å². The quantitative estimate of drug-likeness (QED) is 0.0343. The van der Waals surface area contributed by atoms with Crippen LogP contribution in [0, 0.1) is 0 Å². The standard InChI is InChI=1S/C70H136O6/c1-4-7-10-13-16-19-22-24-26-28-30-32-34-36-37-39-41-43-45-48-51-54-57-60-63-69(72)75-66-67(65-74-68(71)62-59-56-53-50-47-21-18-15-12-9-6-3)76-70(73)64-61-58-55-52-49-46-44-42-40-38-35-33-31-29-27-25-23-20-17-14-11-8-5-2/h67H,4-66H2,1-3H3. The van der Waals surface area contributed by atoms with Crippen LogP contribution in [0.5, 0.6) is 0 Å². The molecule has 0 spiro atoms. The molecular formula is C70H136O6. The summed E-state index contributed by atoms with van der Waals surface area (Å²) in [7, 11) is 0. The minimum atomic E-state index is -0.763. The molecule has 0 amide bonds. The summed E-state index contributed by atoms with van der Waals surface area (Å²) in [5, 5.41) is 0. The minimum absolute atomic E-state index is 0.0604. The number of unbranched alkanes of at least 4 members (excludes halogenated alkanes) is 55. The highest BCUT2D eigenvalue weighted by Gasteiger charge is 2.19. The van der Waals surface area contributed by atoms with E-state index in [2.05, 4.69) is 20.8 Å². The molecule has 0 fully saturated rings. The number of hydrogen-bond acceptors (Lipinski definition) is 6. The van der Waals surface area contributed by atoms with E-state index < -0.39 is 6.10 Å². The first-order valence-electron chi connectivity index (χ1n) is 35.0. The number of hydrogen-bond donors (Lipinski definition) is 0. The van der Waals surface area contributed by atoms with Crippen LogP contribution < -0.4 is 0 Å². The van der Waals surface area contributed by atoms with E-state index in [1.807, 2.05) is 0 Å². The molecule has 0 aromatic heterocycles. The van der Waals surface area contributed by atoms with E-state index in [0.717, 1.165) is 57.8 Å². The van der Waals surface area contributed by atoms with E-state index in [0.29, 0.717) is 19.3 Å². The molecule has 0 radical (unpaired) electrons. The van der Waals surface area contributed by atoms with Crippen molar-refractivity contribution >= 4 is 17.9 Å². The zero-order valence-electron chi connectivity index (χ0n) is 52.1. The van der Waals surface area contributed by atoms with E-state index >= 15 is 0 Å². The summed E-state index contributed by atoms with van der Waals surface area (Å²) in [6.45, 7) is 6.73. The van der Waals surface area contributed by atoms with Gasteiger partial charge in [-0.15, -0.1) is 0 Å². The van der Waals surface area contributed by atoms with Gasteiger partial charge in [-0.2, -0.15) is 0 Å². The summed E-state index contributed by atoms with van der Waals surface area (Å²) in [4.78, 5) is 38.3. The Bertz CT molecular complexity index is 1140. The molecule has 6 heteroatoms. The first-order chi connectivity index (χ1) is 37.5. The fraction of sp³-hybridized carbons (Fsp3) is 0.957. The largest absolute Gasteiger partial charge is 0.462 e. The van der Waals surface area contributed by atoms with Crippen LogP contribution in [0.1, 0.15) is 412 Å². The Morgan fingerprint density at radius 2 is 0.355 bits per heavy atom. The van der Waals surface area contributed by atoms with E-state index in [1.165, 1.54) is 315 Å². The molecule has 6 nitrogen and oxygen atoms in total. The van der Waals surface area contributed by atoms with Gasteiger partial charge in [0.25, 0.3) is 0 Å². The Balaban J connectivity index is 4.15. The van der Waals surface area contributed by atoms with Crippen LogP contribution in [0.2, 0.25) is 0 Å². The summed E-state index contributed by atoms with van der Waals surface area (Å²) >= 11 is 0. The second kappa shape index (κ2) is 65.9. The molecule has 0 saturated heterocycles. The summed E-state index contributed by atoms with van der Waals surface area (Å²) in [6.07, 6.45) is 77.1. The normalized spacial score (nSPS) is 11.9. The van der Waals surface area contributed by atoms with Crippen molar-refractivity contribution in [3.63, 3.8) is 0 Å². The SMILES string of the molecule is CCCCCCCCCCCCCCCCCCCCCCCCCCC(=O)OCC(COC(=O)CCCCCCCCCCCCC)OC(=O)CCCCCCCCCCCCCCCCCCCCCCCCC. The molecular weight excluding hydrogens is 937 g/mol. The minimum Gasteiger partial charge on any atom is -0.462 e. The lowest BCUT2D eigenvalue weighted by Gasteiger charge is -2.18. The van der Waals surface area contributed by atoms with Crippen LogP contribution in [0.25, 0.3) is 0 Å². The summed E-state index contributed by atoms with van der Waals surface area (Å²) < 4.78 is 17.0. The third kappa shape index (κ3) is 63.2. The molecule has 0 aromatic carbocycles. The Labute approximate surface area is 476 Å². The molecule has 0 rings (SSSR count). The smallest absolute Gasteiger partial charge is 0.306 e. The molecule has 76 heavy (non-hydrogen) atoms. The average molecular weight is 1070 g/mol. The Morgan fingerprint density at radius 1 is 0.211 bits per heavy atom. The molecule has 0 heterocycles. The maximum Gasteiger partial charge on any atom is 0.306 e. The molecule has 0 N–H and O–H groups in total. The molecule has 1 unspecified atom stereocenters. The molecule has 0 aliphatic carbocycles. The molecule has 452 valence electrons. The molecule has 0 bridgehead atoms. The first-order valence-corrected chi connectivity index (χ1v) is 35.0. The van der Waals surface area contributed by atoms with Gasteiger partial charge in [-0.3, -0.25) is 14.4 Å². The highest BCUT2D eigenvalue weighted by atomic mass is 16.6. The Morgan fingerprint density at radius 3 is 0.526 bits per heavy atom. The fourth-order valence-electron chi connectivity index (χ4n) is 11.1. The van der Waals surface area contributed by atoms with Gasteiger partial charge in [-0.25, -0.2) is 0 Å². The number of ether oxygens (including phenoxy) is 3. The van der Waals surface area contributed by atoms with Gasteiger partial charge in [0.1, 0.15) is 13.2 Å². The van der Waals surface area contributed by atoms with Gasteiger partial charge >= 0.3 is 17.9 Å². The van der Waals surface area contributed by atoms with E-state index in [4.69, 9.17) is 14.2 Å². The molecule has 0 aromatic rings. The van der Waals surface area contributed by atoms with Crippen molar-refractivity contribution in [1.82, 2.24) is 0 Å². The van der Waals surface area contributed by atoms with Gasteiger partial charge in [0.15, 0.2) is 6.10 Å². The van der Waals surface area contributed by atoms with Gasteiger partial charge < -0.3 is 14.2 Å². The van der Waals surface area contributed by atoms with Crippen LogP contribution in [-0.2, 0) is 28.6 Å².